The molecule has 1 unspecified atom stereocenters. The number of aliphatic imine (C=N–C) groups is 3. The van der Waals surface area contributed by atoms with E-state index in [1.54, 1.807) is 86.4 Å². The summed E-state index contributed by atoms with van der Waals surface area (Å²) in [6.07, 6.45) is 3.01. The van der Waals surface area contributed by atoms with Crippen LogP contribution >= 0.6 is 150 Å². The molecule has 0 bridgehead atoms. The third-order valence-electron chi connectivity index (χ3n) is 19.6. The van der Waals surface area contributed by atoms with Gasteiger partial charge < -0.3 is 102 Å². The lowest BCUT2D eigenvalue weighted by Crippen LogP contribution is -2.43. The molecule has 35 nitrogen and oxygen atoms in total. The summed E-state index contributed by atoms with van der Waals surface area (Å²) in [5.74, 6) is 8.37. The number of rotatable bonds is 87. The fourth-order valence-corrected chi connectivity index (χ4v) is 35.8. The fraction of sp³-hybridized carbons (Fsp3) is 0.950. The Hall–Kier alpha value is 1.52. The van der Waals surface area contributed by atoms with Gasteiger partial charge in [0.2, 0.25) is 0 Å². The number of hydrogen-bond acceptors (Lipinski definition) is 37. The third-order valence-corrected chi connectivity index (χ3v) is 47.0. The van der Waals surface area contributed by atoms with E-state index in [1.165, 1.54) is 0 Å². The second-order valence-corrected chi connectivity index (χ2v) is 62.7. The summed E-state index contributed by atoms with van der Waals surface area (Å²) in [6, 6.07) is 8.10. The first-order valence-corrected chi connectivity index (χ1v) is 71.4. The smallest absolute Gasteiger partial charge is 0.191 e. The van der Waals surface area contributed by atoms with Crippen LogP contribution in [0.2, 0.25) is 0 Å². The summed E-state index contributed by atoms with van der Waals surface area (Å²) in [6.45, 7) is 104. The second kappa shape index (κ2) is 99.9. The van der Waals surface area contributed by atoms with Crippen molar-refractivity contribution >= 4 is 180 Å². The number of amidine groups is 2. The van der Waals surface area contributed by atoms with Gasteiger partial charge in [0.1, 0.15) is 11.9 Å². The predicted octanol–water partition coefficient (Wildman–Crippen LogP) is 25.8. The number of nitrogens with one attached hydrogen (secondary N) is 2. The van der Waals surface area contributed by atoms with Crippen LogP contribution in [0.25, 0.3) is 0 Å². The van der Waals surface area contributed by atoms with Crippen LogP contribution in [0.5, 0.6) is 0 Å². The fourth-order valence-electron chi connectivity index (χ4n) is 15.0. The van der Waals surface area contributed by atoms with E-state index >= 15 is 0 Å². The van der Waals surface area contributed by atoms with Crippen LogP contribution in [0.3, 0.4) is 0 Å². The normalized spacial score (nSPS) is 12.7. The average Bonchev–Trinajstić information content (AvgIpc) is 0.849. The molecule has 0 aromatic carbocycles. The first kappa shape index (κ1) is 164. The lowest BCUT2D eigenvalue weighted by Gasteiger charge is -2.45. The zero-order chi connectivity index (χ0) is 115. The molecule has 150 heavy (non-hydrogen) atoms. The summed E-state index contributed by atoms with van der Waals surface area (Å²) >= 11 is 0. The van der Waals surface area contributed by atoms with E-state index in [1.807, 2.05) is 28.5 Å². The first-order chi connectivity index (χ1) is 69.1. The summed E-state index contributed by atoms with van der Waals surface area (Å²) in [5, 5.41) is 14.4. The van der Waals surface area contributed by atoms with Gasteiger partial charge in [-0.1, -0.05) is 123 Å². The maximum absolute atomic E-state index is 7.21. The molecule has 0 saturated heterocycles. The van der Waals surface area contributed by atoms with Gasteiger partial charge in [0.15, 0.2) is 86.8 Å². The molecule has 0 radical (unpaired) electrons. The molecule has 0 fully saturated rings. The highest BCUT2D eigenvalue weighted by molar-refractivity contribution is 8.78. The average molecular weight is 2420 g/mol. The minimum absolute atomic E-state index is 0. The molecular formula is C100H232N23O12P5S10. The molecule has 0 aromatic rings. The molecule has 0 aliphatic carbocycles. The van der Waals surface area contributed by atoms with Crippen molar-refractivity contribution in [3.05, 3.63) is 0 Å². The van der Waals surface area contributed by atoms with E-state index in [-0.39, 0.29) is 69.0 Å². The molecule has 0 aliphatic heterocycles. The summed E-state index contributed by atoms with van der Waals surface area (Å²) in [4.78, 5) is 11.9. The molecule has 0 saturated carbocycles. The summed E-state index contributed by atoms with van der Waals surface area (Å²) < 4.78 is 97.1. The second-order valence-electron chi connectivity index (χ2n) is 40.8. The van der Waals surface area contributed by atoms with Gasteiger partial charge in [0, 0.05) is 180 Å². The van der Waals surface area contributed by atoms with Crippen LogP contribution in [0.4, 0.5) is 0 Å². The number of guanidine groups is 3. The Balaban J connectivity index is -0.000000340. The van der Waals surface area contributed by atoms with Crippen LogP contribution in [0, 0.1) is 10.8 Å². The summed E-state index contributed by atoms with van der Waals surface area (Å²) in [7, 11) is 12.9. The lowest BCUT2D eigenvalue weighted by atomic mass is 10.2. The van der Waals surface area contributed by atoms with Crippen LogP contribution in [-0.4, -0.2) is 360 Å². The van der Waals surface area contributed by atoms with E-state index in [2.05, 4.69) is 352 Å². The molecule has 0 spiro atoms. The zero-order valence-corrected chi connectivity index (χ0v) is 113. The van der Waals surface area contributed by atoms with E-state index in [4.69, 9.17) is 112 Å². The van der Waals surface area contributed by atoms with Gasteiger partial charge >= 0.3 is 0 Å². The topological polar surface area (TPSA) is 436 Å². The predicted molar refractivity (Wildman–Crippen MR) is 688 cm³/mol. The Bertz CT molecular complexity index is 2950. The Morgan fingerprint density at radius 1 is 0.273 bits per heavy atom. The molecule has 0 heterocycles. The van der Waals surface area contributed by atoms with Crippen molar-refractivity contribution in [2.75, 3.05) is 152 Å². The molecular weight excluding hydrogens is 2190 g/mol. The molecule has 0 amide bonds. The van der Waals surface area contributed by atoms with Gasteiger partial charge in [0.05, 0.1) is 89.9 Å². The van der Waals surface area contributed by atoms with Crippen LogP contribution < -0.4 is 45.9 Å². The SMILES string of the molecule is C.C.CC(C)N(C(C)C)P(OCCOCC(C)(C)SSCCN=C(N)N)N(C(C)C)C(C)C.CC(C)N(C(C)C)P(OCCOCSSCCCC(=N)N)N(C(C)C)C(C)C.CC(C)N(C(C)C)P(OCOCCSSCCCC(=N)N)N(C(C)C)C(C)C.CC(C)N(C(C)C)P(OCOCOCSSCCN=C(N)N)N(C(C)C)C(C)C.CCOC(CSSCCN=C(N)N)OCCOP(N(C(C)C)C(C)C)N(C(C)C)C(C)C. The lowest BCUT2D eigenvalue weighted by molar-refractivity contribution is -0.128. The van der Waals surface area contributed by atoms with Gasteiger partial charge in [-0.25, -0.2) is 46.7 Å². The van der Waals surface area contributed by atoms with Crippen molar-refractivity contribution in [3.8, 4) is 0 Å². The Labute approximate surface area is 967 Å². The molecule has 904 valence electrons. The molecule has 1 atom stereocenters. The van der Waals surface area contributed by atoms with Crippen LogP contribution in [-0.2, 0) is 55.8 Å². The van der Waals surface area contributed by atoms with Crippen molar-refractivity contribution in [2.45, 2.75) is 470 Å². The number of ether oxygens (including phenoxy) is 7. The van der Waals surface area contributed by atoms with Crippen molar-refractivity contribution < 1.29 is 55.8 Å². The maximum atomic E-state index is 7.21. The van der Waals surface area contributed by atoms with Crippen LogP contribution in [0.15, 0.2) is 15.0 Å². The van der Waals surface area contributed by atoms with Crippen molar-refractivity contribution in [2.24, 2.45) is 60.8 Å². The highest BCUT2D eigenvalue weighted by Crippen LogP contribution is 2.56. The molecule has 0 aliphatic rings. The van der Waals surface area contributed by atoms with Gasteiger partial charge in [0.25, 0.3) is 0 Å². The van der Waals surface area contributed by atoms with Crippen molar-refractivity contribution in [3.63, 3.8) is 0 Å². The highest BCUT2D eigenvalue weighted by Gasteiger charge is 2.41. The maximum Gasteiger partial charge on any atom is 0.191 e. The van der Waals surface area contributed by atoms with Gasteiger partial charge in [-0.05, 0) is 311 Å². The molecule has 0 aromatic heterocycles. The van der Waals surface area contributed by atoms with E-state index in [9.17, 15) is 0 Å². The zero-order valence-electron chi connectivity index (χ0n) is 101. The minimum Gasteiger partial charge on any atom is -0.388 e. The first-order valence-electron chi connectivity index (χ1n) is 53.3. The standard InChI is InChI=1S/C21H48N5O3PS2.C21H48N5O2PS2.2C19H43N4O2PS2.C18H42N5O3PS2.2CH4/c1-10-27-20(15-32-31-14-11-24-21(22)23)28-12-13-29-30(25(16(2)3)17(4)5)26(18(6)7)19(8)9;1-16(2)25(17(3)4)29(26(18(5)6)19(7)8)28-13-12-27-15-21(9,10)31-30-14-11-24-20(22)23;1-15(2)22(16(3)4)26(23(17(5)6)18(7)8)25-12-11-24-14-28-27-13-9-10-19(20)21;1-15(2)22(16(3)4)26(23(17(5)6)18(7)8)25-14-24-11-13-28-27-12-9-10-19(20)21;1-14(2)22(15(3)4)27(23(16(5)6)17(7)8)26-12-24-11-25-13-29-28-10-9-21-18(19)20;;/h16-20H,10-15H2,1-9H3,(H4,22,23,24);16-19H,11-15H2,1-10H3,(H4,22,23,24);2*15-18H,9-14H2,1-8H3,(H3,20,21);14-17H,9-13H2,1-8H3,(H4,19,20,21);2*1H4. The Morgan fingerprint density at radius 3 is 0.820 bits per heavy atom. The molecule has 18 N–H and O–H groups in total. The van der Waals surface area contributed by atoms with E-state index < -0.39 is 42.2 Å². The molecule has 50 heteroatoms. The van der Waals surface area contributed by atoms with E-state index in [0.717, 1.165) is 53.1 Å². The Morgan fingerprint density at radius 2 is 0.527 bits per heavy atom. The molecule has 0 rings (SSSR count). The quantitative estimate of drug-likeness (QED) is 0.00675. The Kier molecular flexibility index (Phi) is 109. The van der Waals surface area contributed by atoms with Gasteiger partial charge in [-0.2, -0.15) is 0 Å². The third kappa shape index (κ3) is 83.7. The van der Waals surface area contributed by atoms with E-state index in [0.29, 0.717) is 231 Å². The number of nitrogens with two attached hydrogens (primary N) is 8. The van der Waals surface area contributed by atoms with Gasteiger partial charge in [-0.3, -0.25) is 25.8 Å². The highest BCUT2D eigenvalue weighted by atomic mass is 33.1. The van der Waals surface area contributed by atoms with Crippen molar-refractivity contribution in [1.29, 1.82) is 10.8 Å². The van der Waals surface area contributed by atoms with Crippen LogP contribution in [0.1, 0.15) is 338 Å². The van der Waals surface area contributed by atoms with Gasteiger partial charge in [-0.15, -0.1) is 0 Å². The summed E-state index contributed by atoms with van der Waals surface area (Å²) in [5.41, 5.74) is 42.7. The monoisotopic (exact) mass is 2420 g/mol. The number of nitrogens with zero attached hydrogens (tertiary/aromatic N) is 13. The minimum atomic E-state index is -0.941. The van der Waals surface area contributed by atoms with Crippen molar-refractivity contribution in [1.82, 2.24) is 46.7 Å². The largest absolute Gasteiger partial charge is 0.388 e. The number of hydrogen-bond donors (Lipinski definition) is 10.